The lowest BCUT2D eigenvalue weighted by molar-refractivity contribution is -0.118. The van der Waals surface area contributed by atoms with Crippen molar-refractivity contribution in [1.29, 1.82) is 0 Å². The molecule has 1 atom stereocenters. The van der Waals surface area contributed by atoms with Gasteiger partial charge in [0.25, 0.3) is 5.56 Å². The standard InChI is InChI=1S/C12H21N7O3.2ClH/c1-19(9(20)5-7(14)3-2-4-13)8-6-16-12(17-10(8)21)18-11(15)22;;/h6-7H,2-5,13-14H2,1H3,(H4,15,16,17,18,21,22);2*1H/t7-;;/m0../s1. The largest absolute Gasteiger partial charge is 0.351 e. The molecule has 0 fully saturated rings. The first-order valence-electron chi connectivity index (χ1n) is 6.73. The van der Waals surface area contributed by atoms with E-state index in [0.29, 0.717) is 13.0 Å². The predicted molar refractivity (Wildman–Crippen MR) is 96.9 cm³/mol. The number of amides is 3. The van der Waals surface area contributed by atoms with Crippen molar-refractivity contribution in [2.45, 2.75) is 25.3 Å². The van der Waals surface area contributed by atoms with Crippen molar-refractivity contribution in [2.75, 3.05) is 23.8 Å². The second-order valence-corrected chi connectivity index (χ2v) is 4.78. The minimum Gasteiger partial charge on any atom is -0.351 e. The minimum absolute atomic E-state index is 0. The van der Waals surface area contributed by atoms with Gasteiger partial charge in [0.05, 0.1) is 6.20 Å². The molecule has 0 aliphatic carbocycles. The molecular weight excluding hydrogens is 361 g/mol. The number of carbonyl (C=O) groups is 2. The summed E-state index contributed by atoms with van der Waals surface area (Å²) in [4.78, 5) is 41.9. The van der Waals surface area contributed by atoms with Crippen LogP contribution in [0.15, 0.2) is 11.0 Å². The van der Waals surface area contributed by atoms with Crippen molar-refractivity contribution in [3.63, 3.8) is 0 Å². The number of aromatic nitrogens is 2. The average Bonchev–Trinajstić information content (AvgIpc) is 2.43. The fourth-order valence-electron chi connectivity index (χ4n) is 1.78. The topological polar surface area (TPSA) is 173 Å². The number of hydrogen-bond donors (Lipinski definition) is 5. The van der Waals surface area contributed by atoms with Crippen LogP contribution in [0.5, 0.6) is 0 Å². The Bertz CT molecular complexity index is 596. The Morgan fingerprint density at radius 3 is 2.54 bits per heavy atom. The molecule has 0 radical (unpaired) electrons. The molecule has 0 unspecified atom stereocenters. The van der Waals surface area contributed by atoms with Crippen molar-refractivity contribution >= 4 is 48.4 Å². The highest BCUT2D eigenvalue weighted by Gasteiger charge is 2.18. The van der Waals surface area contributed by atoms with Crippen molar-refractivity contribution in [3.8, 4) is 0 Å². The summed E-state index contributed by atoms with van der Waals surface area (Å²) in [6.45, 7) is 0.510. The van der Waals surface area contributed by atoms with Crippen LogP contribution in [0.1, 0.15) is 19.3 Å². The molecule has 8 N–H and O–H groups in total. The molecule has 1 rings (SSSR count). The van der Waals surface area contributed by atoms with E-state index in [1.54, 1.807) is 0 Å². The third kappa shape index (κ3) is 7.59. The van der Waals surface area contributed by atoms with Gasteiger partial charge in [-0.1, -0.05) is 0 Å². The number of H-pyrrole nitrogens is 1. The molecule has 0 aliphatic heterocycles. The lowest BCUT2D eigenvalue weighted by Crippen LogP contribution is -2.36. The minimum atomic E-state index is -0.855. The van der Waals surface area contributed by atoms with Crippen LogP contribution in [0.3, 0.4) is 0 Å². The van der Waals surface area contributed by atoms with E-state index in [2.05, 4.69) is 15.3 Å². The molecule has 10 nitrogen and oxygen atoms in total. The normalized spacial score (nSPS) is 10.8. The Morgan fingerprint density at radius 1 is 1.42 bits per heavy atom. The van der Waals surface area contributed by atoms with E-state index in [0.717, 1.165) is 6.42 Å². The van der Waals surface area contributed by atoms with Crippen molar-refractivity contribution in [2.24, 2.45) is 17.2 Å². The van der Waals surface area contributed by atoms with E-state index in [9.17, 15) is 14.4 Å². The summed E-state index contributed by atoms with van der Waals surface area (Å²) in [6, 6.07) is -1.17. The Labute approximate surface area is 151 Å². The number of carbonyl (C=O) groups excluding carboxylic acids is 2. The second kappa shape index (κ2) is 11.6. The van der Waals surface area contributed by atoms with Gasteiger partial charge < -0.3 is 22.1 Å². The lowest BCUT2D eigenvalue weighted by atomic mass is 10.1. The monoisotopic (exact) mass is 383 g/mol. The van der Waals surface area contributed by atoms with Crippen molar-refractivity contribution in [3.05, 3.63) is 16.6 Å². The van der Waals surface area contributed by atoms with Crippen LogP contribution < -0.4 is 33.0 Å². The number of aromatic amines is 1. The van der Waals surface area contributed by atoms with E-state index >= 15 is 0 Å². The summed E-state index contributed by atoms with van der Waals surface area (Å²) in [5.41, 5.74) is 15.6. The van der Waals surface area contributed by atoms with Gasteiger partial charge in [0.15, 0.2) is 0 Å². The van der Waals surface area contributed by atoms with Gasteiger partial charge in [-0.15, -0.1) is 24.8 Å². The zero-order valence-electron chi connectivity index (χ0n) is 13.2. The SMILES string of the molecule is CN(C(=O)C[C@@H](N)CCCN)c1cnc(NC(N)=O)[nH]c1=O.Cl.Cl. The van der Waals surface area contributed by atoms with E-state index in [1.165, 1.54) is 18.1 Å². The first-order valence-corrected chi connectivity index (χ1v) is 6.73. The van der Waals surface area contributed by atoms with Gasteiger partial charge in [-0.25, -0.2) is 9.78 Å². The summed E-state index contributed by atoms with van der Waals surface area (Å²) < 4.78 is 0. The van der Waals surface area contributed by atoms with Gasteiger partial charge in [-0.05, 0) is 19.4 Å². The van der Waals surface area contributed by atoms with Gasteiger partial charge in [0.2, 0.25) is 11.9 Å². The number of nitrogens with one attached hydrogen (secondary N) is 2. The molecule has 0 bridgehead atoms. The van der Waals surface area contributed by atoms with Gasteiger partial charge >= 0.3 is 6.03 Å². The highest BCUT2D eigenvalue weighted by atomic mass is 35.5. The quantitative estimate of drug-likeness (QED) is 0.425. The molecular formula is C12H23Cl2N7O3. The van der Waals surface area contributed by atoms with Crippen LogP contribution in [-0.4, -0.2) is 41.5 Å². The summed E-state index contributed by atoms with van der Waals surface area (Å²) in [7, 11) is 1.45. The fourth-order valence-corrected chi connectivity index (χ4v) is 1.78. The first-order chi connectivity index (χ1) is 10.3. The van der Waals surface area contributed by atoms with Crippen LogP contribution in [0.4, 0.5) is 16.4 Å². The number of hydrogen-bond acceptors (Lipinski definition) is 6. The highest BCUT2D eigenvalue weighted by molar-refractivity contribution is 5.93. The molecule has 138 valence electrons. The summed E-state index contributed by atoms with van der Waals surface area (Å²) in [5, 5.41) is 2.13. The van der Waals surface area contributed by atoms with Crippen LogP contribution in [0.2, 0.25) is 0 Å². The molecule has 0 saturated heterocycles. The average molecular weight is 384 g/mol. The van der Waals surface area contributed by atoms with Crippen LogP contribution in [-0.2, 0) is 4.79 Å². The molecule has 0 spiro atoms. The summed E-state index contributed by atoms with van der Waals surface area (Å²) in [6.07, 6.45) is 2.63. The van der Waals surface area contributed by atoms with Gasteiger partial charge in [-0.2, -0.15) is 0 Å². The van der Waals surface area contributed by atoms with E-state index in [1.807, 2.05) is 0 Å². The van der Waals surface area contributed by atoms with E-state index in [4.69, 9.17) is 17.2 Å². The molecule has 1 aromatic rings. The number of nitrogens with two attached hydrogens (primary N) is 3. The Hall–Kier alpha value is -1.88. The fraction of sp³-hybridized carbons (Fsp3) is 0.500. The van der Waals surface area contributed by atoms with Gasteiger partial charge in [0, 0.05) is 19.5 Å². The van der Waals surface area contributed by atoms with Crippen LogP contribution in [0, 0.1) is 0 Å². The number of halogens is 2. The predicted octanol–water partition coefficient (Wildman–Crippen LogP) is -0.477. The van der Waals surface area contributed by atoms with Crippen molar-refractivity contribution < 1.29 is 9.59 Å². The van der Waals surface area contributed by atoms with Crippen molar-refractivity contribution in [1.82, 2.24) is 9.97 Å². The molecule has 0 aliphatic rings. The Kier molecular flexibility index (Phi) is 11.8. The van der Waals surface area contributed by atoms with Crippen LogP contribution >= 0.6 is 24.8 Å². The maximum absolute atomic E-state index is 12.1. The molecule has 24 heavy (non-hydrogen) atoms. The smallest absolute Gasteiger partial charge is 0.318 e. The van der Waals surface area contributed by atoms with Gasteiger partial charge in [-0.3, -0.25) is 19.9 Å². The number of nitrogens with zero attached hydrogens (tertiary/aromatic N) is 2. The number of anilines is 2. The third-order valence-corrected chi connectivity index (χ3v) is 2.97. The third-order valence-electron chi connectivity index (χ3n) is 2.97. The first kappa shape index (κ1) is 24.4. The zero-order valence-corrected chi connectivity index (χ0v) is 14.8. The summed E-state index contributed by atoms with van der Waals surface area (Å²) >= 11 is 0. The van der Waals surface area contributed by atoms with E-state index in [-0.39, 0.29) is 54.8 Å². The van der Waals surface area contributed by atoms with Crippen LogP contribution in [0.25, 0.3) is 0 Å². The molecule has 1 aromatic heterocycles. The summed E-state index contributed by atoms with van der Waals surface area (Å²) in [5.74, 6) is -0.408. The molecule has 3 amide bonds. The molecule has 0 aromatic carbocycles. The Morgan fingerprint density at radius 2 is 2.04 bits per heavy atom. The maximum Gasteiger partial charge on any atom is 0.318 e. The maximum atomic E-state index is 12.1. The molecule has 12 heteroatoms. The number of primary amides is 1. The Balaban J connectivity index is 0. The zero-order chi connectivity index (χ0) is 16.7. The molecule has 0 saturated carbocycles. The van der Waals surface area contributed by atoms with E-state index < -0.39 is 11.6 Å². The number of rotatable bonds is 7. The highest BCUT2D eigenvalue weighted by Crippen LogP contribution is 2.09. The second-order valence-electron chi connectivity index (χ2n) is 4.78. The molecule has 1 heterocycles. The van der Waals surface area contributed by atoms with Gasteiger partial charge in [0.1, 0.15) is 5.69 Å². The lowest BCUT2D eigenvalue weighted by Gasteiger charge is -2.18. The number of urea groups is 1.